The molecule has 194 valence electrons. The second-order valence-electron chi connectivity index (χ2n) is 7.89. The maximum atomic E-state index is 14.9. The Balaban J connectivity index is 2.19. The van der Waals surface area contributed by atoms with Crippen LogP contribution in [0.5, 0.6) is 0 Å². The quantitative estimate of drug-likeness (QED) is 0.245. The van der Waals surface area contributed by atoms with Crippen molar-refractivity contribution in [2.24, 2.45) is 0 Å². The maximum absolute atomic E-state index is 14.9. The minimum atomic E-state index is -6.36. The molecule has 0 N–H and O–H groups in total. The fourth-order valence-corrected chi connectivity index (χ4v) is 6.58. The van der Waals surface area contributed by atoms with Crippen LogP contribution >= 0.6 is 10.3 Å². The van der Waals surface area contributed by atoms with Crippen LogP contribution < -0.4 is 0 Å². The fraction of sp³-hybridized carbons (Fsp3) is 0.269. The number of rotatable bonds is 10. The lowest BCUT2D eigenvalue weighted by Crippen LogP contribution is -2.61. The van der Waals surface area contributed by atoms with Gasteiger partial charge >= 0.3 is 23.7 Å². The summed E-state index contributed by atoms with van der Waals surface area (Å²) < 4.78 is 107. The summed E-state index contributed by atoms with van der Waals surface area (Å²) in [6.07, 6.45) is -4.99. The van der Waals surface area contributed by atoms with Crippen molar-refractivity contribution in [2.75, 3.05) is 0 Å². The topological polar surface area (TPSA) is 26.3 Å². The number of hydrogen-bond acceptors (Lipinski definition) is 2. The minimum absolute atomic E-state index is 0.177. The smallest absolute Gasteiger partial charge is 0.397 e. The Hall–Kier alpha value is -3.01. The molecule has 0 bridgehead atoms. The van der Waals surface area contributed by atoms with Gasteiger partial charge in [-0.3, -0.25) is 0 Å². The highest BCUT2D eigenvalue weighted by molar-refractivity contribution is 8.30. The molecule has 3 aromatic rings. The summed E-state index contributed by atoms with van der Waals surface area (Å²) in [4.78, 5) is 13.3. The maximum Gasteiger partial charge on any atom is 0.411 e. The number of alkyl halides is 7. The van der Waals surface area contributed by atoms with E-state index in [0.29, 0.717) is 0 Å². The highest BCUT2D eigenvalue weighted by Gasteiger charge is 2.78. The Morgan fingerprint density at radius 1 is 0.750 bits per heavy atom. The summed E-state index contributed by atoms with van der Waals surface area (Å²) in [5.74, 6) is -21.1. The first-order valence-corrected chi connectivity index (χ1v) is 12.5. The van der Waals surface area contributed by atoms with E-state index in [4.69, 9.17) is 4.18 Å². The minimum Gasteiger partial charge on any atom is -0.397 e. The molecule has 1 atom stereocenters. The van der Waals surface area contributed by atoms with Crippen molar-refractivity contribution < 1.29 is 39.7 Å². The van der Waals surface area contributed by atoms with E-state index in [2.05, 4.69) is 0 Å². The summed E-state index contributed by atoms with van der Waals surface area (Å²) in [5, 5.41) is 0. The highest BCUT2D eigenvalue weighted by Crippen LogP contribution is 2.70. The average Bonchev–Trinajstić information content (AvgIpc) is 2.88. The van der Waals surface area contributed by atoms with Crippen LogP contribution in [-0.2, 0) is 8.98 Å². The molecule has 0 aliphatic heterocycles. The van der Waals surface area contributed by atoms with E-state index in [9.17, 15) is 35.5 Å². The molecule has 0 spiro atoms. The van der Waals surface area contributed by atoms with E-state index in [1.54, 1.807) is 18.2 Å². The summed E-state index contributed by atoms with van der Waals surface area (Å²) in [6.45, 7) is 1.23. The normalized spacial score (nSPS) is 14.2. The molecule has 2 nitrogen and oxygen atoms in total. The summed E-state index contributed by atoms with van der Waals surface area (Å²) in [6, 6.07) is 22.7. The van der Waals surface area contributed by atoms with Gasteiger partial charge < -0.3 is 4.18 Å². The molecule has 36 heavy (non-hydrogen) atoms. The van der Waals surface area contributed by atoms with Crippen molar-refractivity contribution in [2.45, 2.75) is 58.4 Å². The van der Waals surface area contributed by atoms with Crippen LogP contribution in [0.4, 0.5) is 30.7 Å². The lowest BCUT2D eigenvalue weighted by atomic mass is 9.98. The fourth-order valence-electron chi connectivity index (χ4n) is 3.52. The standard InChI is InChI=1S/C26H23F7O2S/c1-2-12-22(27)24(28,29)26(32,33)25(30,31)23(34)35-36(19-13-6-3-7-14-19,20-15-8-4-9-16-20)21-17-10-5-11-18-21/h3-11,13-18,22H,2,12H2,1H3. The van der Waals surface area contributed by atoms with E-state index < -0.39 is 46.6 Å². The zero-order chi connectivity index (χ0) is 26.6. The molecule has 0 saturated heterocycles. The third-order valence-electron chi connectivity index (χ3n) is 5.43. The lowest BCUT2D eigenvalue weighted by molar-refractivity contribution is -0.317. The van der Waals surface area contributed by atoms with Gasteiger partial charge in [0.05, 0.1) is 0 Å². The molecule has 0 radical (unpaired) electrons. The lowest BCUT2D eigenvalue weighted by Gasteiger charge is -2.41. The van der Waals surface area contributed by atoms with Gasteiger partial charge in [0, 0.05) is 14.7 Å². The molecule has 1 unspecified atom stereocenters. The van der Waals surface area contributed by atoms with Crippen LogP contribution in [0, 0.1) is 0 Å². The molecule has 0 saturated carbocycles. The number of hydrogen-bond donors (Lipinski definition) is 0. The molecule has 0 aromatic heterocycles. The molecule has 10 heteroatoms. The Labute approximate surface area is 205 Å². The van der Waals surface area contributed by atoms with Gasteiger partial charge in [-0.1, -0.05) is 67.9 Å². The van der Waals surface area contributed by atoms with Gasteiger partial charge in [0.15, 0.2) is 6.17 Å². The van der Waals surface area contributed by atoms with Crippen LogP contribution in [0.15, 0.2) is 106 Å². The van der Waals surface area contributed by atoms with Gasteiger partial charge in [-0.15, -0.1) is 0 Å². The van der Waals surface area contributed by atoms with Crippen LogP contribution in [0.2, 0.25) is 0 Å². The van der Waals surface area contributed by atoms with Crippen LogP contribution in [0.3, 0.4) is 0 Å². The summed E-state index contributed by atoms with van der Waals surface area (Å²) in [7, 11) is -3.45. The van der Waals surface area contributed by atoms with Gasteiger partial charge in [0.25, 0.3) is 0 Å². The first-order chi connectivity index (χ1) is 16.9. The zero-order valence-corrected chi connectivity index (χ0v) is 19.8. The van der Waals surface area contributed by atoms with Crippen molar-refractivity contribution in [1.82, 2.24) is 0 Å². The van der Waals surface area contributed by atoms with Gasteiger partial charge in [0.1, 0.15) is 0 Å². The van der Waals surface area contributed by atoms with Crippen molar-refractivity contribution in [3.63, 3.8) is 0 Å². The molecular weight excluding hydrogens is 509 g/mol. The zero-order valence-electron chi connectivity index (χ0n) is 19.0. The van der Waals surface area contributed by atoms with E-state index in [0.717, 1.165) is 0 Å². The number of carbonyl (C=O) groups excluding carboxylic acids is 1. The van der Waals surface area contributed by atoms with Crippen LogP contribution in [0.25, 0.3) is 0 Å². The Kier molecular flexibility index (Phi) is 8.07. The number of carbonyl (C=O) groups is 1. The van der Waals surface area contributed by atoms with Crippen LogP contribution in [0.1, 0.15) is 19.8 Å². The molecule has 3 aromatic carbocycles. The molecule has 0 amide bonds. The second kappa shape index (κ2) is 10.5. The van der Waals surface area contributed by atoms with Crippen molar-refractivity contribution in [1.29, 1.82) is 0 Å². The van der Waals surface area contributed by atoms with Crippen LogP contribution in [-0.4, -0.2) is 29.9 Å². The van der Waals surface area contributed by atoms with E-state index in [1.165, 1.54) is 79.7 Å². The van der Waals surface area contributed by atoms with Gasteiger partial charge in [-0.25, -0.2) is 9.18 Å². The Morgan fingerprint density at radius 3 is 1.44 bits per heavy atom. The first kappa shape index (κ1) is 27.6. The molecular formula is C26H23F7O2S. The largest absolute Gasteiger partial charge is 0.411 e. The predicted molar refractivity (Wildman–Crippen MR) is 122 cm³/mol. The molecule has 0 aliphatic rings. The van der Waals surface area contributed by atoms with Gasteiger partial charge in [-0.2, -0.15) is 26.3 Å². The van der Waals surface area contributed by atoms with Gasteiger partial charge in [0.2, 0.25) is 0 Å². The monoisotopic (exact) mass is 532 g/mol. The second-order valence-corrected chi connectivity index (χ2v) is 10.6. The summed E-state index contributed by atoms with van der Waals surface area (Å²) in [5.41, 5.74) is 0. The molecule has 0 heterocycles. The van der Waals surface area contributed by atoms with E-state index in [-0.39, 0.29) is 21.1 Å². The van der Waals surface area contributed by atoms with Crippen molar-refractivity contribution >= 4 is 16.3 Å². The SMILES string of the molecule is CCCC(F)C(F)(F)C(F)(F)C(F)(F)C(=O)OS(c1ccccc1)(c1ccccc1)c1ccccc1. The predicted octanol–water partition coefficient (Wildman–Crippen LogP) is 8.47. The van der Waals surface area contributed by atoms with E-state index in [1.807, 2.05) is 0 Å². The third-order valence-corrected chi connectivity index (χ3v) is 8.64. The van der Waals surface area contributed by atoms with Crippen molar-refractivity contribution in [3.8, 4) is 0 Å². The molecule has 0 aliphatic carbocycles. The molecule has 0 fully saturated rings. The number of benzene rings is 3. The highest BCUT2D eigenvalue weighted by atomic mass is 32.3. The van der Waals surface area contributed by atoms with Gasteiger partial charge in [-0.05, 0) is 53.1 Å². The first-order valence-electron chi connectivity index (χ1n) is 10.9. The van der Waals surface area contributed by atoms with Crippen molar-refractivity contribution in [3.05, 3.63) is 91.0 Å². The average molecular weight is 533 g/mol. The Morgan fingerprint density at radius 2 is 1.11 bits per heavy atom. The molecule has 3 rings (SSSR count). The number of halogens is 7. The van der Waals surface area contributed by atoms with E-state index >= 15 is 0 Å². The Bertz CT molecular complexity index is 1050. The third kappa shape index (κ3) is 4.70. The summed E-state index contributed by atoms with van der Waals surface area (Å²) >= 11 is 0.